The van der Waals surface area contributed by atoms with Gasteiger partial charge >= 0.3 is 0 Å². The SMILES string of the molecule is COc1cccc(CC(=O)NC2C=CCC2)c1. The molecule has 0 aromatic heterocycles. The maximum atomic E-state index is 11.8. The summed E-state index contributed by atoms with van der Waals surface area (Å²) in [5, 5.41) is 3.00. The van der Waals surface area contributed by atoms with Crippen LogP contribution in [0.2, 0.25) is 0 Å². The third-order valence-electron chi connectivity index (χ3n) is 2.86. The van der Waals surface area contributed by atoms with Crippen molar-refractivity contribution >= 4 is 5.91 Å². The smallest absolute Gasteiger partial charge is 0.224 e. The summed E-state index contributed by atoms with van der Waals surface area (Å²) in [5.41, 5.74) is 0.976. The number of nitrogens with one attached hydrogen (secondary N) is 1. The molecule has 0 aliphatic heterocycles. The quantitative estimate of drug-likeness (QED) is 0.806. The summed E-state index contributed by atoms with van der Waals surface area (Å²) in [6.45, 7) is 0. The number of benzene rings is 1. The molecule has 3 nitrogen and oxygen atoms in total. The molecule has 90 valence electrons. The fourth-order valence-electron chi connectivity index (χ4n) is 1.98. The van der Waals surface area contributed by atoms with Crippen LogP contribution >= 0.6 is 0 Å². The van der Waals surface area contributed by atoms with Gasteiger partial charge in [0.05, 0.1) is 13.5 Å². The number of ether oxygens (including phenoxy) is 1. The third-order valence-corrected chi connectivity index (χ3v) is 2.86. The monoisotopic (exact) mass is 231 g/mol. The first-order valence-corrected chi connectivity index (χ1v) is 5.87. The van der Waals surface area contributed by atoms with Crippen molar-refractivity contribution in [2.45, 2.75) is 25.3 Å². The number of methoxy groups -OCH3 is 1. The molecule has 2 rings (SSSR count). The van der Waals surface area contributed by atoms with Crippen LogP contribution in [0.1, 0.15) is 18.4 Å². The van der Waals surface area contributed by atoms with Crippen LogP contribution in [-0.4, -0.2) is 19.1 Å². The standard InChI is InChI=1S/C14H17NO2/c1-17-13-8-4-5-11(9-13)10-14(16)15-12-6-2-3-7-12/h2,4-6,8-9,12H,3,7,10H2,1H3,(H,15,16). The lowest BCUT2D eigenvalue weighted by molar-refractivity contribution is -0.120. The molecule has 1 N–H and O–H groups in total. The Kier molecular flexibility index (Phi) is 3.81. The summed E-state index contributed by atoms with van der Waals surface area (Å²) in [6, 6.07) is 7.82. The molecule has 1 aliphatic rings. The zero-order valence-electron chi connectivity index (χ0n) is 9.98. The largest absolute Gasteiger partial charge is 0.497 e. The van der Waals surface area contributed by atoms with E-state index in [4.69, 9.17) is 4.74 Å². The van der Waals surface area contributed by atoms with Gasteiger partial charge in [-0.05, 0) is 30.5 Å². The summed E-state index contributed by atoms with van der Waals surface area (Å²) in [4.78, 5) is 11.8. The van der Waals surface area contributed by atoms with Crippen molar-refractivity contribution in [3.8, 4) is 5.75 Å². The second-order valence-electron chi connectivity index (χ2n) is 4.21. The van der Waals surface area contributed by atoms with Gasteiger partial charge in [0.15, 0.2) is 0 Å². The molecular formula is C14H17NO2. The summed E-state index contributed by atoms with van der Waals surface area (Å²) >= 11 is 0. The van der Waals surface area contributed by atoms with E-state index in [2.05, 4.69) is 17.5 Å². The number of rotatable bonds is 4. The van der Waals surface area contributed by atoms with Gasteiger partial charge in [-0.25, -0.2) is 0 Å². The minimum Gasteiger partial charge on any atom is -0.497 e. The van der Waals surface area contributed by atoms with Gasteiger partial charge in [0.2, 0.25) is 5.91 Å². The molecule has 0 radical (unpaired) electrons. The first kappa shape index (κ1) is 11.7. The Morgan fingerprint density at radius 2 is 2.41 bits per heavy atom. The molecule has 3 heteroatoms. The summed E-state index contributed by atoms with van der Waals surface area (Å²) in [5.74, 6) is 0.853. The first-order chi connectivity index (χ1) is 8.28. The number of hydrogen-bond acceptors (Lipinski definition) is 2. The van der Waals surface area contributed by atoms with E-state index in [-0.39, 0.29) is 11.9 Å². The van der Waals surface area contributed by atoms with Crippen molar-refractivity contribution in [3.63, 3.8) is 0 Å². The highest BCUT2D eigenvalue weighted by Gasteiger charge is 2.12. The fourth-order valence-corrected chi connectivity index (χ4v) is 1.98. The Balaban J connectivity index is 1.90. The molecule has 1 aromatic rings. The van der Waals surface area contributed by atoms with Crippen LogP contribution in [0.5, 0.6) is 5.75 Å². The minimum absolute atomic E-state index is 0.0646. The molecule has 17 heavy (non-hydrogen) atoms. The van der Waals surface area contributed by atoms with Gasteiger partial charge in [0.1, 0.15) is 5.75 Å². The molecule has 1 aliphatic carbocycles. The Bertz CT molecular complexity index is 426. The predicted molar refractivity (Wildman–Crippen MR) is 67.0 cm³/mol. The van der Waals surface area contributed by atoms with E-state index in [0.29, 0.717) is 6.42 Å². The van der Waals surface area contributed by atoms with E-state index in [1.54, 1.807) is 7.11 Å². The number of carbonyl (C=O) groups excluding carboxylic acids is 1. The van der Waals surface area contributed by atoms with Crippen LogP contribution in [0.4, 0.5) is 0 Å². The number of carbonyl (C=O) groups is 1. The molecule has 0 saturated carbocycles. The Hall–Kier alpha value is -1.77. The molecule has 0 fully saturated rings. The van der Waals surface area contributed by atoms with Crippen LogP contribution in [0.15, 0.2) is 36.4 Å². The zero-order valence-corrected chi connectivity index (χ0v) is 9.98. The lowest BCUT2D eigenvalue weighted by Gasteiger charge is -2.11. The molecule has 1 unspecified atom stereocenters. The average molecular weight is 231 g/mol. The maximum Gasteiger partial charge on any atom is 0.224 e. The van der Waals surface area contributed by atoms with Crippen molar-refractivity contribution in [1.29, 1.82) is 0 Å². The van der Waals surface area contributed by atoms with Crippen molar-refractivity contribution in [3.05, 3.63) is 42.0 Å². The van der Waals surface area contributed by atoms with Gasteiger partial charge in [-0.1, -0.05) is 24.3 Å². The van der Waals surface area contributed by atoms with E-state index in [0.717, 1.165) is 24.2 Å². The maximum absolute atomic E-state index is 11.8. The van der Waals surface area contributed by atoms with Crippen LogP contribution < -0.4 is 10.1 Å². The van der Waals surface area contributed by atoms with Crippen molar-refractivity contribution < 1.29 is 9.53 Å². The molecule has 1 amide bonds. The zero-order chi connectivity index (χ0) is 12.1. The van der Waals surface area contributed by atoms with E-state index in [9.17, 15) is 4.79 Å². The van der Waals surface area contributed by atoms with Gasteiger partial charge in [-0.2, -0.15) is 0 Å². The highest BCUT2D eigenvalue weighted by molar-refractivity contribution is 5.79. The third kappa shape index (κ3) is 3.34. The molecule has 1 atom stereocenters. The first-order valence-electron chi connectivity index (χ1n) is 5.87. The number of amides is 1. The highest BCUT2D eigenvalue weighted by Crippen LogP contribution is 2.13. The Morgan fingerprint density at radius 1 is 1.53 bits per heavy atom. The minimum atomic E-state index is 0.0646. The van der Waals surface area contributed by atoms with Gasteiger partial charge in [-0.3, -0.25) is 4.79 Å². The van der Waals surface area contributed by atoms with Crippen molar-refractivity contribution in [1.82, 2.24) is 5.32 Å². The Labute approximate surface area is 101 Å². The van der Waals surface area contributed by atoms with Gasteiger partial charge < -0.3 is 10.1 Å². The second-order valence-corrected chi connectivity index (χ2v) is 4.21. The lowest BCUT2D eigenvalue weighted by Crippen LogP contribution is -2.33. The number of allylic oxidation sites excluding steroid dienone is 1. The van der Waals surface area contributed by atoms with Crippen LogP contribution in [0.25, 0.3) is 0 Å². The van der Waals surface area contributed by atoms with Crippen molar-refractivity contribution in [2.24, 2.45) is 0 Å². The van der Waals surface area contributed by atoms with Gasteiger partial charge in [-0.15, -0.1) is 0 Å². The van der Waals surface area contributed by atoms with Gasteiger partial charge in [0.25, 0.3) is 0 Å². The second kappa shape index (κ2) is 5.53. The summed E-state index contributed by atoms with van der Waals surface area (Å²) in [6.07, 6.45) is 6.65. The molecule has 0 bridgehead atoms. The average Bonchev–Trinajstić information content (AvgIpc) is 2.82. The van der Waals surface area contributed by atoms with Gasteiger partial charge in [0, 0.05) is 6.04 Å². The summed E-state index contributed by atoms with van der Waals surface area (Å²) < 4.78 is 5.13. The molecule has 0 saturated heterocycles. The molecule has 0 heterocycles. The van der Waals surface area contributed by atoms with Crippen molar-refractivity contribution in [2.75, 3.05) is 7.11 Å². The van der Waals surface area contributed by atoms with E-state index in [1.165, 1.54) is 0 Å². The fraction of sp³-hybridized carbons (Fsp3) is 0.357. The van der Waals surface area contributed by atoms with E-state index >= 15 is 0 Å². The number of hydrogen-bond donors (Lipinski definition) is 1. The Morgan fingerprint density at radius 3 is 3.12 bits per heavy atom. The summed E-state index contributed by atoms with van der Waals surface area (Å²) in [7, 11) is 1.63. The van der Waals surface area contributed by atoms with E-state index < -0.39 is 0 Å². The van der Waals surface area contributed by atoms with E-state index in [1.807, 2.05) is 24.3 Å². The normalized spacial score (nSPS) is 18.1. The molecular weight excluding hydrogens is 214 g/mol. The highest BCUT2D eigenvalue weighted by atomic mass is 16.5. The van der Waals surface area contributed by atoms with Crippen LogP contribution in [0, 0.1) is 0 Å². The van der Waals surface area contributed by atoms with Crippen LogP contribution in [-0.2, 0) is 11.2 Å². The lowest BCUT2D eigenvalue weighted by atomic mass is 10.1. The predicted octanol–water partition coefficient (Wildman–Crippen LogP) is 2.07. The molecule has 1 aromatic carbocycles. The topological polar surface area (TPSA) is 38.3 Å². The molecule has 0 spiro atoms. The van der Waals surface area contributed by atoms with Crippen LogP contribution in [0.3, 0.4) is 0 Å².